The van der Waals surface area contributed by atoms with Crippen molar-refractivity contribution in [1.29, 1.82) is 0 Å². The number of rotatable bonds is 5. The Morgan fingerprint density at radius 1 is 1.45 bits per heavy atom. The maximum absolute atomic E-state index is 12.0. The Hall–Kier alpha value is -1.95. The van der Waals surface area contributed by atoms with Gasteiger partial charge in [0.15, 0.2) is 0 Å². The molecule has 1 amide bonds. The van der Waals surface area contributed by atoms with E-state index in [1.54, 1.807) is 0 Å². The Morgan fingerprint density at radius 3 is 2.85 bits per heavy atom. The van der Waals surface area contributed by atoms with Crippen molar-refractivity contribution in [3.05, 3.63) is 24.0 Å². The molecular weight excluding hydrogens is 280 g/mol. The minimum absolute atomic E-state index is 0.00164. The largest absolute Gasteiger partial charge is 0.359 e. The Balaban J connectivity index is 2.79. The molecule has 0 aliphatic carbocycles. The molecule has 1 rings (SSSR count). The summed E-state index contributed by atoms with van der Waals surface area (Å²) in [5.74, 6) is 5.08. The summed E-state index contributed by atoms with van der Waals surface area (Å²) in [6, 6.07) is 1.40. The average Bonchev–Trinajstić information content (AvgIpc) is 2.45. The highest BCUT2D eigenvalue weighted by Crippen LogP contribution is 2.08. The molecule has 8 heteroatoms. The number of carbonyl (C=O) groups is 1. The Bertz CT molecular complexity index is 632. The van der Waals surface area contributed by atoms with Gasteiger partial charge >= 0.3 is 0 Å². The standard InChI is InChI=1S/C12H16N4O3S/c1-14-12(17)4-6-16-20(18,19)11-7-10(3-2-5-13)8-15-9-11/h7-9,16H,4-6,13H2,1H3,(H,14,17). The van der Waals surface area contributed by atoms with E-state index in [9.17, 15) is 13.2 Å². The van der Waals surface area contributed by atoms with E-state index in [4.69, 9.17) is 5.73 Å². The molecule has 0 fully saturated rings. The van der Waals surface area contributed by atoms with Gasteiger partial charge in [0.2, 0.25) is 15.9 Å². The van der Waals surface area contributed by atoms with Gasteiger partial charge in [0.25, 0.3) is 0 Å². The smallest absolute Gasteiger partial charge is 0.242 e. The third kappa shape index (κ3) is 4.97. The number of hydrogen-bond donors (Lipinski definition) is 3. The van der Waals surface area contributed by atoms with Crippen LogP contribution in [0.3, 0.4) is 0 Å². The number of aromatic nitrogens is 1. The molecule has 1 aromatic rings. The molecule has 0 radical (unpaired) electrons. The summed E-state index contributed by atoms with van der Waals surface area (Å²) in [7, 11) is -2.22. The zero-order valence-corrected chi connectivity index (χ0v) is 11.8. The minimum Gasteiger partial charge on any atom is -0.359 e. The molecule has 0 aliphatic rings. The number of pyridine rings is 1. The zero-order valence-electron chi connectivity index (χ0n) is 11.0. The lowest BCUT2D eigenvalue weighted by atomic mass is 10.3. The van der Waals surface area contributed by atoms with Gasteiger partial charge in [0.1, 0.15) is 4.90 Å². The number of sulfonamides is 1. The molecule has 0 atom stereocenters. The van der Waals surface area contributed by atoms with E-state index in [0.29, 0.717) is 5.56 Å². The van der Waals surface area contributed by atoms with E-state index in [1.165, 1.54) is 25.5 Å². The van der Waals surface area contributed by atoms with Crippen molar-refractivity contribution in [1.82, 2.24) is 15.0 Å². The first-order chi connectivity index (χ1) is 9.49. The van der Waals surface area contributed by atoms with Crippen molar-refractivity contribution in [2.24, 2.45) is 5.73 Å². The lowest BCUT2D eigenvalue weighted by molar-refractivity contribution is -0.120. The summed E-state index contributed by atoms with van der Waals surface area (Å²) in [5.41, 5.74) is 5.71. The second kappa shape index (κ2) is 7.59. The van der Waals surface area contributed by atoms with Crippen molar-refractivity contribution in [2.75, 3.05) is 20.1 Å². The number of nitrogens with zero attached hydrogens (tertiary/aromatic N) is 1. The van der Waals surface area contributed by atoms with Crippen molar-refractivity contribution in [3.8, 4) is 11.8 Å². The van der Waals surface area contributed by atoms with Crippen LogP contribution in [0.25, 0.3) is 0 Å². The van der Waals surface area contributed by atoms with Crippen molar-refractivity contribution in [2.45, 2.75) is 11.3 Å². The summed E-state index contributed by atoms with van der Waals surface area (Å²) in [6.07, 6.45) is 2.73. The van der Waals surface area contributed by atoms with Crippen molar-refractivity contribution < 1.29 is 13.2 Å². The van der Waals surface area contributed by atoms with Crippen molar-refractivity contribution in [3.63, 3.8) is 0 Å². The summed E-state index contributed by atoms with van der Waals surface area (Å²) in [6.45, 7) is 0.196. The predicted octanol–water partition coefficient (Wildman–Crippen LogP) is -1.19. The van der Waals surface area contributed by atoms with Gasteiger partial charge in [-0.2, -0.15) is 0 Å². The molecule has 0 spiro atoms. The van der Waals surface area contributed by atoms with E-state index < -0.39 is 10.0 Å². The van der Waals surface area contributed by atoms with Crippen LogP contribution in [0.5, 0.6) is 0 Å². The van der Waals surface area contributed by atoms with Gasteiger partial charge in [0.05, 0.1) is 6.54 Å². The normalized spacial score (nSPS) is 10.5. The maximum atomic E-state index is 12.0. The van der Waals surface area contributed by atoms with Crippen LogP contribution in [0.1, 0.15) is 12.0 Å². The van der Waals surface area contributed by atoms with Crippen LogP contribution in [0.15, 0.2) is 23.4 Å². The molecule has 1 heterocycles. The van der Waals surface area contributed by atoms with Crippen LogP contribution in [-0.4, -0.2) is 39.4 Å². The van der Waals surface area contributed by atoms with Crippen LogP contribution in [0, 0.1) is 11.8 Å². The summed E-state index contributed by atoms with van der Waals surface area (Å²) in [5, 5.41) is 2.41. The Morgan fingerprint density at radius 2 is 2.20 bits per heavy atom. The van der Waals surface area contributed by atoms with E-state index in [1.807, 2.05) is 0 Å². The molecule has 0 saturated carbocycles. The van der Waals surface area contributed by atoms with Gasteiger partial charge in [-0.15, -0.1) is 0 Å². The van der Waals surface area contributed by atoms with Gasteiger partial charge < -0.3 is 11.1 Å². The third-order valence-electron chi connectivity index (χ3n) is 2.28. The fourth-order valence-electron chi connectivity index (χ4n) is 1.29. The summed E-state index contributed by atoms with van der Waals surface area (Å²) < 4.78 is 26.3. The first kappa shape index (κ1) is 16.1. The lowest BCUT2D eigenvalue weighted by Crippen LogP contribution is -2.29. The molecule has 7 nitrogen and oxygen atoms in total. The van der Waals surface area contributed by atoms with E-state index in [-0.39, 0.29) is 30.3 Å². The van der Waals surface area contributed by atoms with E-state index in [2.05, 4.69) is 26.9 Å². The Kier molecular flexibility index (Phi) is 6.11. The molecule has 0 saturated heterocycles. The molecule has 20 heavy (non-hydrogen) atoms. The topological polar surface area (TPSA) is 114 Å². The average molecular weight is 296 g/mol. The van der Waals surface area contributed by atoms with Gasteiger partial charge in [-0.25, -0.2) is 13.1 Å². The summed E-state index contributed by atoms with van der Waals surface area (Å²) >= 11 is 0. The van der Waals surface area contributed by atoms with Gasteiger partial charge in [-0.1, -0.05) is 11.8 Å². The second-order valence-electron chi connectivity index (χ2n) is 3.74. The van der Waals surface area contributed by atoms with Gasteiger partial charge in [-0.05, 0) is 6.07 Å². The van der Waals surface area contributed by atoms with E-state index in [0.717, 1.165) is 0 Å². The monoisotopic (exact) mass is 296 g/mol. The third-order valence-corrected chi connectivity index (χ3v) is 3.71. The number of hydrogen-bond acceptors (Lipinski definition) is 5. The van der Waals surface area contributed by atoms with Crippen LogP contribution < -0.4 is 15.8 Å². The molecule has 0 unspecified atom stereocenters. The minimum atomic E-state index is -3.70. The van der Waals surface area contributed by atoms with Gasteiger partial charge in [0, 0.05) is 38.0 Å². The zero-order chi connectivity index (χ0) is 15.0. The fraction of sp³-hybridized carbons (Fsp3) is 0.333. The molecular formula is C12H16N4O3S. The number of carbonyl (C=O) groups excluding carboxylic acids is 1. The fourth-order valence-corrected chi connectivity index (χ4v) is 2.31. The highest BCUT2D eigenvalue weighted by atomic mass is 32.2. The summed E-state index contributed by atoms with van der Waals surface area (Å²) in [4.78, 5) is 14.8. The molecule has 4 N–H and O–H groups in total. The Labute approximate surface area is 118 Å². The van der Waals surface area contributed by atoms with Gasteiger partial charge in [-0.3, -0.25) is 9.78 Å². The van der Waals surface area contributed by atoms with Crippen LogP contribution >= 0.6 is 0 Å². The lowest BCUT2D eigenvalue weighted by Gasteiger charge is -2.06. The molecule has 0 aromatic carbocycles. The second-order valence-corrected chi connectivity index (χ2v) is 5.50. The number of amides is 1. The molecule has 0 aliphatic heterocycles. The quantitative estimate of drug-likeness (QED) is 0.591. The number of nitrogens with one attached hydrogen (secondary N) is 2. The highest BCUT2D eigenvalue weighted by molar-refractivity contribution is 7.89. The number of nitrogens with two attached hydrogens (primary N) is 1. The predicted molar refractivity (Wildman–Crippen MR) is 74.0 cm³/mol. The van der Waals surface area contributed by atoms with Crippen molar-refractivity contribution >= 4 is 15.9 Å². The van der Waals surface area contributed by atoms with Crippen LogP contribution in [-0.2, 0) is 14.8 Å². The van der Waals surface area contributed by atoms with E-state index >= 15 is 0 Å². The van der Waals surface area contributed by atoms with Crippen LogP contribution in [0.4, 0.5) is 0 Å². The molecule has 1 aromatic heterocycles. The molecule has 108 valence electrons. The van der Waals surface area contributed by atoms with Crippen LogP contribution in [0.2, 0.25) is 0 Å². The first-order valence-electron chi connectivity index (χ1n) is 5.84. The molecule has 0 bridgehead atoms. The SMILES string of the molecule is CNC(=O)CCNS(=O)(=O)c1cncc(C#CCN)c1. The highest BCUT2D eigenvalue weighted by Gasteiger charge is 2.14. The maximum Gasteiger partial charge on any atom is 0.242 e. The first-order valence-corrected chi connectivity index (χ1v) is 7.32.